The average molecular weight is 564 g/mol. The Bertz CT molecular complexity index is 1140. The number of hydrogen-bond donors (Lipinski definition) is 3. The number of aromatic nitrogens is 1. The van der Waals surface area contributed by atoms with Crippen molar-refractivity contribution in [1.82, 2.24) is 15.0 Å². The number of anilines is 1. The van der Waals surface area contributed by atoms with E-state index >= 15 is 0 Å². The Morgan fingerprint density at radius 3 is 2.38 bits per heavy atom. The second-order valence-electron chi connectivity index (χ2n) is 9.37. The summed E-state index contributed by atoms with van der Waals surface area (Å²) in [5.74, 6) is -3.69. The van der Waals surface area contributed by atoms with E-state index in [4.69, 9.17) is 24.4 Å². The minimum Gasteiger partial charge on any atom is -0.478 e. The number of esters is 1. The number of carboxylic acid groups (broad SMARTS) is 1. The summed E-state index contributed by atoms with van der Waals surface area (Å²) in [5.41, 5.74) is 2.58. The molecule has 1 aliphatic rings. The van der Waals surface area contributed by atoms with Crippen molar-refractivity contribution >= 4 is 53.7 Å². The quantitative estimate of drug-likeness (QED) is 0.0870. The molecular weight excluding hydrogens is 533 g/mol. The summed E-state index contributed by atoms with van der Waals surface area (Å²) in [6, 6.07) is -2.05. The lowest BCUT2D eigenvalue weighted by Gasteiger charge is -2.46. The standard InChI is InChI=1S/C20H30N5O10PS/c1-10-12(15(27)25(10)36(31,32-7)34-9-33-17(30)19(2,3)4)23-14(26)13(11-8-37-18(21)22-11)24-35-20(5,6)16(28)29/h8,10,12H,9H2,1-7H3,(H2,21,22)(H,23,26)(H,28,29)/t10?,12-,36?/m1/s1. The molecule has 0 aliphatic carbocycles. The molecule has 17 heteroatoms. The highest BCUT2D eigenvalue weighted by Crippen LogP contribution is 2.56. The van der Waals surface area contributed by atoms with Gasteiger partial charge in [-0.15, -0.1) is 11.3 Å². The maximum atomic E-state index is 13.1. The van der Waals surface area contributed by atoms with Crippen LogP contribution in [0.4, 0.5) is 5.13 Å². The molecule has 1 fully saturated rings. The van der Waals surface area contributed by atoms with Crippen molar-refractivity contribution in [1.29, 1.82) is 0 Å². The van der Waals surface area contributed by atoms with E-state index in [0.717, 1.165) is 23.1 Å². The molecule has 37 heavy (non-hydrogen) atoms. The van der Waals surface area contributed by atoms with Crippen LogP contribution in [0.3, 0.4) is 0 Å². The highest BCUT2D eigenvalue weighted by molar-refractivity contribution is 7.52. The first-order chi connectivity index (χ1) is 16.9. The normalized spacial score (nSPS) is 20.0. The summed E-state index contributed by atoms with van der Waals surface area (Å²) in [6.45, 7) is 8.04. The van der Waals surface area contributed by atoms with Gasteiger partial charge in [0, 0.05) is 12.5 Å². The van der Waals surface area contributed by atoms with Gasteiger partial charge in [0.1, 0.15) is 11.7 Å². The maximum Gasteiger partial charge on any atom is 0.440 e. The first-order valence-electron chi connectivity index (χ1n) is 10.8. The molecule has 2 rings (SSSR count). The van der Waals surface area contributed by atoms with E-state index in [9.17, 15) is 28.8 Å². The number of carbonyl (C=O) groups excluding carboxylic acids is 3. The van der Waals surface area contributed by atoms with Gasteiger partial charge in [-0.05, 0) is 41.5 Å². The molecule has 3 atom stereocenters. The van der Waals surface area contributed by atoms with Crippen molar-refractivity contribution in [2.45, 2.75) is 59.2 Å². The summed E-state index contributed by atoms with van der Waals surface area (Å²) in [6.07, 6.45) is 0. The molecular formula is C20H30N5O10PS. The minimum atomic E-state index is -4.22. The molecule has 1 aliphatic heterocycles. The minimum absolute atomic E-state index is 0.0102. The number of hydrogen-bond acceptors (Lipinski definition) is 13. The first kappa shape index (κ1) is 30.2. The van der Waals surface area contributed by atoms with E-state index < -0.39 is 67.1 Å². The van der Waals surface area contributed by atoms with Gasteiger partial charge in [0.25, 0.3) is 11.8 Å². The number of carbonyl (C=O) groups is 4. The molecule has 206 valence electrons. The van der Waals surface area contributed by atoms with E-state index in [0.29, 0.717) is 0 Å². The molecule has 2 heterocycles. The number of rotatable bonds is 11. The van der Waals surface area contributed by atoms with Crippen LogP contribution in [0, 0.1) is 5.41 Å². The van der Waals surface area contributed by atoms with Gasteiger partial charge in [0.2, 0.25) is 12.4 Å². The van der Waals surface area contributed by atoms with Crippen LogP contribution in [0.2, 0.25) is 0 Å². The number of nitrogens with zero attached hydrogens (tertiary/aromatic N) is 3. The van der Waals surface area contributed by atoms with E-state index in [-0.39, 0.29) is 10.8 Å². The molecule has 0 saturated carbocycles. The number of amides is 2. The van der Waals surface area contributed by atoms with Gasteiger partial charge < -0.3 is 25.7 Å². The first-order valence-corrected chi connectivity index (χ1v) is 13.1. The fraction of sp³-hybridized carbons (Fsp3) is 0.600. The zero-order chi connectivity index (χ0) is 28.3. The lowest BCUT2D eigenvalue weighted by atomic mass is 9.98. The molecule has 1 aromatic heterocycles. The van der Waals surface area contributed by atoms with Gasteiger partial charge in [-0.1, -0.05) is 5.16 Å². The summed E-state index contributed by atoms with van der Waals surface area (Å²) >= 11 is 1.00. The smallest absolute Gasteiger partial charge is 0.440 e. The Morgan fingerprint density at radius 2 is 1.92 bits per heavy atom. The van der Waals surface area contributed by atoms with Gasteiger partial charge in [0.15, 0.2) is 10.8 Å². The molecule has 0 aromatic carbocycles. The molecule has 2 amide bonds. The summed E-state index contributed by atoms with van der Waals surface area (Å²) < 4.78 is 28.9. The molecule has 15 nitrogen and oxygen atoms in total. The maximum absolute atomic E-state index is 13.1. The third kappa shape index (κ3) is 6.83. The fourth-order valence-electron chi connectivity index (χ4n) is 2.71. The Kier molecular flexibility index (Phi) is 9.07. The van der Waals surface area contributed by atoms with Crippen LogP contribution in [-0.4, -0.2) is 75.8 Å². The molecule has 0 spiro atoms. The zero-order valence-electron chi connectivity index (χ0n) is 21.3. The number of β-lactam (4-membered cyclic amide) rings is 1. The highest BCUT2D eigenvalue weighted by Gasteiger charge is 2.55. The van der Waals surface area contributed by atoms with Crippen molar-refractivity contribution in [2.24, 2.45) is 10.6 Å². The summed E-state index contributed by atoms with van der Waals surface area (Å²) in [7, 11) is -3.17. The second-order valence-corrected chi connectivity index (χ2v) is 12.3. The molecule has 4 N–H and O–H groups in total. The number of oxime groups is 1. The van der Waals surface area contributed by atoms with E-state index in [1.165, 1.54) is 26.2 Å². The van der Waals surface area contributed by atoms with Crippen molar-refractivity contribution in [2.75, 3.05) is 19.6 Å². The SMILES string of the molecule is COP(=O)(OCOC(=O)C(C)(C)C)N1C(=O)[C@H](NC(=O)C(=NOC(C)(C)C(=O)O)c2csc(N)n2)C1C. The highest BCUT2D eigenvalue weighted by atomic mass is 32.1. The molecule has 1 aromatic rings. The number of aliphatic carboxylic acids is 1. The topological polar surface area (TPSA) is 209 Å². The average Bonchev–Trinajstić information content (AvgIpc) is 3.22. The third-order valence-electron chi connectivity index (χ3n) is 5.02. The van der Waals surface area contributed by atoms with E-state index in [2.05, 4.69) is 15.5 Å². The molecule has 2 unspecified atom stereocenters. The van der Waals surface area contributed by atoms with Crippen LogP contribution < -0.4 is 11.1 Å². The Labute approximate surface area is 216 Å². The largest absolute Gasteiger partial charge is 0.478 e. The van der Waals surface area contributed by atoms with E-state index in [1.54, 1.807) is 20.8 Å². The van der Waals surface area contributed by atoms with Gasteiger partial charge >= 0.3 is 19.7 Å². The lowest BCUT2D eigenvalue weighted by Crippen LogP contribution is -2.68. The fourth-order valence-corrected chi connectivity index (χ4v) is 4.79. The third-order valence-corrected chi connectivity index (χ3v) is 7.68. The number of carboxylic acids is 1. The van der Waals surface area contributed by atoms with Gasteiger partial charge in [0.05, 0.1) is 11.5 Å². The number of thiazole rings is 1. The number of nitrogens with one attached hydrogen (secondary N) is 1. The van der Waals surface area contributed by atoms with Crippen LogP contribution >= 0.6 is 19.1 Å². The Morgan fingerprint density at radius 1 is 1.30 bits per heavy atom. The van der Waals surface area contributed by atoms with Gasteiger partial charge in [-0.25, -0.2) is 19.0 Å². The monoisotopic (exact) mass is 563 g/mol. The summed E-state index contributed by atoms with van der Waals surface area (Å²) in [5, 5.41) is 16.8. The lowest BCUT2D eigenvalue weighted by molar-refractivity contribution is -0.161. The number of nitrogen functional groups attached to an aromatic ring is 1. The predicted octanol–water partition coefficient (Wildman–Crippen LogP) is 1.34. The van der Waals surface area contributed by atoms with Crippen LogP contribution in [0.15, 0.2) is 10.5 Å². The van der Waals surface area contributed by atoms with Crippen LogP contribution in [-0.2, 0) is 42.4 Å². The van der Waals surface area contributed by atoms with Crippen molar-refractivity contribution in [3.63, 3.8) is 0 Å². The van der Waals surface area contributed by atoms with Crippen molar-refractivity contribution < 1.29 is 47.5 Å². The van der Waals surface area contributed by atoms with Crippen LogP contribution in [0.25, 0.3) is 0 Å². The second kappa shape index (κ2) is 11.1. The van der Waals surface area contributed by atoms with E-state index in [1.807, 2.05) is 0 Å². The summed E-state index contributed by atoms with van der Waals surface area (Å²) in [4.78, 5) is 58.0. The van der Waals surface area contributed by atoms with Gasteiger partial charge in [-0.3, -0.25) is 23.4 Å². The van der Waals surface area contributed by atoms with Crippen molar-refractivity contribution in [3.05, 3.63) is 11.1 Å². The van der Waals surface area contributed by atoms with Crippen molar-refractivity contribution in [3.8, 4) is 0 Å². The molecule has 0 bridgehead atoms. The predicted molar refractivity (Wildman–Crippen MR) is 130 cm³/mol. The Hall–Kier alpha value is -3.07. The number of ether oxygens (including phenoxy) is 1. The van der Waals surface area contributed by atoms with Gasteiger partial charge in [-0.2, -0.15) is 0 Å². The van der Waals surface area contributed by atoms with Crippen LogP contribution in [0.1, 0.15) is 47.2 Å². The molecule has 0 radical (unpaired) electrons. The van der Waals surface area contributed by atoms with Crippen LogP contribution in [0.5, 0.6) is 0 Å². The number of nitrogens with two attached hydrogens (primary N) is 1. The Balaban J connectivity index is 2.16. The molecule has 1 saturated heterocycles. The zero-order valence-corrected chi connectivity index (χ0v) is 23.0.